The predicted octanol–water partition coefficient (Wildman–Crippen LogP) is 4.75. The number of ether oxygens (including phenoxy) is 1. The van der Waals surface area contributed by atoms with Crippen LogP contribution in [0.15, 0.2) is 12.1 Å². The number of methoxy groups -OCH3 is 1. The first-order chi connectivity index (χ1) is 9.10. The van der Waals surface area contributed by atoms with Gasteiger partial charge in [-0.2, -0.15) is 0 Å². The van der Waals surface area contributed by atoms with Gasteiger partial charge in [-0.25, -0.2) is 0 Å². The molecule has 0 aliphatic heterocycles. The largest absolute Gasteiger partial charge is 0.381 e. The number of imidazole rings is 1. The number of nitrogens with zero attached hydrogens (tertiary/aromatic N) is 1. The molecule has 3 rings (SSSR count). The van der Waals surface area contributed by atoms with Gasteiger partial charge >= 0.3 is 0 Å². The summed E-state index contributed by atoms with van der Waals surface area (Å²) in [6.45, 7) is 0. The SMILES string of the molecule is COC1CCC(n2c(=S)[nH]c3cc(Cl)c(Cl)cc32)C1. The Labute approximate surface area is 126 Å². The summed E-state index contributed by atoms with van der Waals surface area (Å²) in [5.41, 5.74) is 1.95. The molecule has 1 aromatic heterocycles. The maximum atomic E-state index is 6.11. The average molecular weight is 317 g/mol. The molecule has 2 unspecified atom stereocenters. The van der Waals surface area contributed by atoms with Crippen LogP contribution in [0.3, 0.4) is 0 Å². The third kappa shape index (κ3) is 2.31. The number of hydrogen-bond donors (Lipinski definition) is 1. The van der Waals surface area contributed by atoms with Crippen molar-refractivity contribution >= 4 is 46.5 Å². The summed E-state index contributed by atoms with van der Waals surface area (Å²) < 4.78 is 8.29. The van der Waals surface area contributed by atoms with Gasteiger partial charge in [0.05, 0.1) is 27.2 Å². The number of nitrogens with one attached hydrogen (secondary N) is 1. The molecule has 6 heteroatoms. The second-order valence-electron chi connectivity index (χ2n) is 4.91. The molecule has 3 nitrogen and oxygen atoms in total. The molecule has 1 N–H and O–H groups in total. The Bertz CT molecular complexity index is 679. The van der Waals surface area contributed by atoms with E-state index in [1.54, 1.807) is 7.11 Å². The lowest BCUT2D eigenvalue weighted by Crippen LogP contribution is -2.09. The molecule has 1 aliphatic rings. The molecule has 1 saturated carbocycles. The number of rotatable bonds is 2. The fourth-order valence-corrected chi connectivity index (χ4v) is 3.53. The Morgan fingerprint density at radius 2 is 2.05 bits per heavy atom. The fourth-order valence-electron chi connectivity index (χ4n) is 2.85. The number of hydrogen-bond acceptors (Lipinski definition) is 2. The molecular formula is C13H14Cl2N2OS. The van der Waals surface area contributed by atoms with E-state index in [0.717, 1.165) is 35.1 Å². The van der Waals surface area contributed by atoms with Crippen molar-refractivity contribution in [1.82, 2.24) is 9.55 Å². The number of benzene rings is 1. The highest BCUT2D eigenvalue weighted by molar-refractivity contribution is 7.71. The molecular weight excluding hydrogens is 303 g/mol. The van der Waals surface area contributed by atoms with Crippen LogP contribution < -0.4 is 0 Å². The highest BCUT2D eigenvalue weighted by Gasteiger charge is 2.27. The van der Waals surface area contributed by atoms with Crippen LogP contribution in [0.2, 0.25) is 10.0 Å². The second-order valence-corrected chi connectivity index (χ2v) is 6.11. The third-order valence-electron chi connectivity index (χ3n) is 3.81. The summed E-state index contributed by atoms with van der Waals surface area (Å²) in [6, 6.07) is 4.07. The summed E-state index contributed by atoms with van der Waals surface area (Å²) in [5, 5.41) is 1.09. The van der Waals surface area contributed by atoms with Crippen LogP contribution in [0.5, 0.6) is 0 Å². The molecule has 19 heavy (non-hydrogen) atoms. The zero-order valence-electron chi connectivity index (χ0n) is 10.5. The smallest absolute Gasteiger partial charge is 0.178 e. The van der Waals surface area contributed by atoms with Crippen molar-refractivity contribution in [2.75, 3.05) is 7.11 Å². The fraction of sp³-hybridized carbons (Fsp3) is 0.462. The minimum absolute atomic E-state index is 0.319. The summed E-state index contributed by atoms with van der Waals surface area (Å²) in [4.78, 5) is 3.20. The van der Waals surface area contributed by atoms with Crippen molar-refractivity contribution in [3.63, 3.8) is 0 Å². The first-order valence-electron chi connectivity index (χ1n) is 6.22. The molecule has 0 amide bonds. The van der Waals surface area contributed by atoms with E-state index in [1.165, 1.54) is 0 Å². The first kappa shape index (κ1) is 13.4. The average Bonchev–Trinajstić information content (AvgIpc) is 2.94. The van der Waals surface area contributed by atoms with Gasteiger partial charge < -0.3 is 14.3 Å². The number of aromatic amines is 1. The van der Waals surface area contributed by atoms with E-state index in [9.17, 15) is 0 Å². The van der Waals surface area contributed by atoms with Crippen LogP contribution in [0.4, 0.5) is 0 Å². The second kappa shape index (κ2) is 5.09. The first-order valence-corrected chi connectivity index (χ1v) is 7.38. The van der Waals surface area contributed by atoms with Crippen LogP contribution in [0.1, 0.15) is 25.3 Å². The normalized spacial score (nSPS) is 23.3. The number of aromatic nitrogens is 2. The summed E-state index contributed by atoms with van der Waals surface area (Å²) >= 11 is 17.6. The van der Waals surface area contributed by atoms with E-state index in [-0.39, 0.29) is 0 Å². The zero-order valence-corrected chi connectivity index (χ0v) is 12.8. The summed E-state index contributed by atoms with van der Waals surface area (Å²) in [5.74, 6) is 0. The minimum Gasteiger partial charge on any atom is -0.381 e. The lowest BCUT2D eigenvalue weighted by Gasteiger charge is -2.13. The monoisotopic (exact) mass is 316 g/mol. The Morgan fingerprint density at radius 3 is 2.74 bits per heavy atom. The van der Waals surface area contributed by atoms with E-state index in [0.29, 0.717) is 22.2 Å². The minimum atomic E-state index is 0.319. The number of fused-ring (bicyclic) bond motifs is 1. The molecule has 1 aliphatic carbocycles. The highest BCUT2D eigenvalue weighted by Crippen LogP contribution is 2.36. The van der Waals surface area contributed by atoms with Gasteiger partial charge in [0.1, 0.15) is 0 Å². The van der Waals surface area contributed by atoms with Crippen molar-refractivity contribution in [3.8, 4) is 0 Å². The number of H-pyrrole nitrogens is 1. The zero-order chi connectivity index (χ0) is 13.6. The topological polar surface area (TPSA) is 29.9 Å². The molecule has 0 saturated heterocycles. The predicted molar refractivity (Wildman–Crippen MR) is 80.8 cm³/mol. The molecule has 2 aromatic rings. The molecule has 1 aromatic carbocycles. The van der Waals surface area contributed by atoms with Gasteiger partial charge in [-0.1, -0.05) is 23.2 Å². The Kier molecular flexibility index (Phi) is 3.60. The molecule has 2 atom stereocenters. The van der Waals surface area contributed by atoms with Gasteiger partial charge in [-0.15, -0.1) is 0 Å². The van der Waals surface area contributed by atoms with Gasteiger partial charge in [0.15, 0.2) is 4.77 Å². The molecule has 0 bridgehead atoms. The van der Waals surface area contributed by atoms with Crippen molar-refractivity contribution in [1.29, 1.82) is 0 Å². The number of halogens is 2. The molecule has 102 valence electrons. The van der Waals surface area contributed by atoms with Gasteiger partial charge in [-0.3, -0.25) is 0 Å². The van der Waals surface area contributed by atoms with E-state index in [2.05, 4.69) is 9.55 Å². The molecule has 1 fully saturated rings. The van der Waals surface area contributed by atoms with Gasteiger partial charge in [0.25, 0.3) is 0 Å². The lowest BCUT2D eigenvalue weighted by molar-refractivity contribution is 0.106. The van der Waals surface area contributed by atoms with Crippen LogP contribution >= 0.6 is 35.4 Å². The maximum Gasteiger partial charge on any atom is 0.178 e. The molecule has 1 heterocycles. The van der Waals surface area contributed by atoms with Crippen molar-refractivity contribution in [2.45, 2.75) is 31.4 Å². The van der Waals surface area contributed by atoms with E-state index >= 15 is 0 Å². The van der Waals surface area contributed by atoms with E-state index in [4.69, 9.17) is 40.2 Å². The van der Waals surface area contributed by atoms with Gasteiger partial charge in [-0.05, 0) is 43.6 Å². The highest BCUT2D eigenvalue weighted by atomic mass is 35.5. The lowest BCUT2D eigenvalue weighted by atomic mass is 10.2. The van der Waals surface area contributed by atoms with Gasteiger partial charge in [0, 0.05) is 13.2 Å². The maximum absolute atomic E-state index is 6.11. The third-order valence-corrected chi connectivity index (χ3v) is 4.83. The molecule has 0 radical (unpaired) electrons. The van der Waals surface area contributed by atoms with Crippen LogP contribution in [0.25, 0.3) is 11.0 Å². The summed E-state index contributed by atoms with van der Waals surface area (Å²) in [6.07, 6.45) is 3.44. The van der Waals surface area contributed by atoms with Crippen LogP contribution in [-0.2, 0) is 4.74 Å². The van der Waals surface area contributed by atoms with Crippen molar-refractivity contribution in [2.24, 2.45) is 0 Å². The summed E-state index contributed by atoms with van der Waals surface area (Å²) in [7, 11) is 1.76. The van der Waals surface area contributed by atoms with Crippen molar-refractivity contribution in [3.05, 3.63) is 26.9 Å². The standard InChI is InChI=1S/C13H14Cl2N2OS/c1-18-8-3-2-7(4-8)17-12-6-10(15)9(14)5-11(12)16-13(17)19/h5-8H,2-4H2,1H3,(H,16,19). The Balaban J connectivity index is 2.11. The van der Waals surface area contributed by atoms with Crippen LogP contribution in [0, 0.1) is 4.77 Å². The van der Waals surface area contributed by atoms with Crippen molar-refractivity contribution < 1.29 is 4.74 Å². The van der Waals surface area contributed by atoms with Gasteiger partial charge in [0.2, 0.25) is 0 Å². The molecule has 0 spiro atoms. The Morgan fingerprint density at radius 1 is 1.32 bits per heavy atom. The Hall–Kier alpha value is -0.550. The van der Waals surface area contributed by atoms with E-state index < -0.39 is 0 Å². The van der Waals surface area contributed by atoms with Crippen LogP contribution in [-0.4, -0.2) is 22.8 Å². The van der Waals surface area contributed by atoms with E-state index in [1.807, 2.05) is 12.1 Å². The quantitative estimate of drug-likeness (QED) is 0.810.